The Morgan fingerprint density at radius 2 is 2.06 bits per heavy atom. The lowest BCUT2D eigenvalue weighted by molar-refractivity contribution is 0.154. The Morgan fingerprint density at radius 1 is 1.31 bits per heavy atom. The fraction of sp³-hybridized carbons (Fsp3) is 0.385. The first-order valence-electron chi connectivity index (χ1n) is 5.46. The second-order valence-corrected chi connectivity index (χ2v) is 3.90. The molecule has 0 spiro atoms. The second-order valence-electron chi connectivity index (χ2n) is 3.90. The smallest absolute Gasteiger partial charge is 0.118 e. The molecule has 1 aromatic carbocycles. The zero-order valence-electron chi connectivity index (χ0n) is 9.77. The van der Waals surface area contributed by atoms with E-state index in [1.165, 1.54) is 11.3 Å². The maximum Gasteiger partial charge on any atom is 0.118 e. The van der Waals surface area contributed by atoms with Crippen molar-refractivity contribution in [2.45, 2.75) is 13.5 Å². The van der Waals surface area contributed by atoms with Crippen LogP contribution in [0.25, 0.3) is 0 Å². The summed E-state index contributed by atoms with van der Waals surface area (Å²) in [5, 5.41) is 0. The Labute approximate surface area is 96.3 Å². The van der Waals surface area contributed by atoms with Crippen molar-refractivity contribution in [1.82, 2.24) is 4.90 Å². The van der Waals surface area contributed by atoms with Crippen LogP contribution in [0.3, 0.4) is 0 Å². The average molecular weight is 219 g/mol. The summed E-state index contributed by atoms with van der Waals surface area (Å²) in [5.41, 5.74) is 2.47. The summed E-state index contributed by atoms with van der Waals surface area (Å²) in [4.78, 5) is 2.31. The van der Waals surface area contributed by atoms with Gasteiger partial charge in [0.1, 0.15) is 18.6 Å². The van der Waals surface area contributed by atoms with Crippen molar-refractivity contribution < 1.29 is 9.47 Å². The van der Waals surface area contributed by atoms with Crippen LogP contribution in [0.4, 0.5) is 0 Å². The van der Waals surface area contributed by atoms with Crippen LogP contribution < -0.4 is 4.74 Å². The summed E-state index contributed by atoms with van der Waals surface area (Å²) < 4.78 is 10.4. The van der Waals surface area contributed by atoms with Crippen molar-refractivity contribution in [2.75, 3.05) is 20.3 Å². The predicted octanol–water partition coefficient (Wildman–Crippen LogP) is 2.39. The van der Waals surface area contributed by atoms with Crippen LogP contribution in [-0.4, -0.2) is 25.2 Å². The first kappa shape index (κ1) is 10.9. The third-order valence-corrected chi connectivity index (χ3v) is 2.76. The normalized spacial score (nSPS) is 15.4. The molecule has 0 fully saturated rings. The van der Waals surface area contributed by atoms with E-state index in [9.17, 15) is 0 Å². The predicted molar refractivity (Wildman–Crippen MR) is 63.1 cm³/mol. The van der Waals surface area contributed by atoms with Gasteiger partial charge < -0.3 is 14.4 Å². The topological polar surface area (TPSA) is 21.7 Å². The Bertz CT molecular complexity index is 370. The van der Waals surface area contributed by atoms with Crippen molar-refractivity contribution in [3.8, 4) is 5.75 Å². The summed E-state index contributed by atoms with van der Waals surface area (Å²) in [6.07, 6.45) is 1.83. The second kappa shape index (κ2) is 4.92. The maximum absolute atomic E-state index is 5.26. The Balaban J connectivity index is 2.02. The van der Waals surface area contributed by atoms with E-state index in [0.29, 0.717) is 0 Å². The molecule has 3 nitrogen and oxygen atoms in total. The highest BCUT2D eigenvalue weighted by Crippen LogP contribution is 2.16. The molecule has 1 aromatic rings. The number of benzene rings is 1. The largest absolute Gasteiger partial charge is 0.498 e. The zero-order valence-corrected chi connectivity index (χ0v) is 9.77. The van der Waals surface area contributed by atoms with Crippen LogP contribution in [0.2, 0.25) is 0 Å². The minimum absolute atomic E-state index is 0.771. The van der Waals surface area contributed by atoms with Gasteiger partial charge in [-0.3, -0.25) is 0 Å². The molecule has 1 aliphatic heterocycles. The Kier molecular flexibility index (Phi) is 3.34. The quantitative estimate of drug-likeness (QED) is 0.779. The van der Waals surface area contributed by atoms with Gasteiger partial charge in [0.15, 0.2) is 0 Å². The lowest BCUT2D eigenvalue weighted by Crippen LogP contribution is -2.28. The average Bonchev–Trinajstić information content (AvgIpc) is 2.33. The fourth-order valence-electron chi connectivity index (χ4n) is 1.75. The molecule has 0 saturated carbocycles. The van der Waals surface area contributed by atoms with E-state index in [1.54, 1.807) is 7.11 Å². The lowest BCUT2D eigenvalue weighted by atomic mass is 10.2. The summed E-state index contributed by atoms with van der Waals surface area (Å²) >= 11 is 0. The van der Waals surface area contributed by atoms with Crippen LogP contribution in [0.1, 0.15) is 12.5 Å². The molecule has 1 heterocycles. The number of hydrogen-bond acceptors (Lipinski definition) is 3. The van der Waals surface area contributed by atoms with Gasteiger partial charge in [-0.1, -0.05) is 12.1 Å². The van der Waals surface area contributed by atoms with Crippen molar-refractivity contribution in [2.24, 2.45) is 0 Å². The summed E-state index contributed by atoms with van der Waals surface area (Å²) in [5.74, 6) is 0.901. The molecule has 0 atom stereocenters. The molecular formula is C13H17NO2. The minimum atomic E-state index is 0.771. The molecule has 86 valence electrons. The first-order valence-corrected chi connectivity index (χ1v) is 5.46. The number of ether oxygens (including phenoxy) is 2. The molecule has 2 rings (SSSR count). The van der Waals surface area contributed by atoms with E-state index in [2.05, 4.69) is 24.0 Å². The molecule has 0 saturated heterocycles. The highest BCUT2D eigenvalue weighted by molar-refractivity contribution is 5.27. The minimum Gasteiger partial charge on any atom is -0.498 e. The van der Waals surface area contributed by atoms with Gasteiger partial charge in [-0.25, -0.2) is 0 Å². The van der Waals surface area contributed by atoms with Crippen LogP contribution in [0.5, 0.6) is 5.75 Å². The van der Waals surface area contributed by atoms with Crippen molar-refractivity contribution in [3.05, 3.63) is 41.8 Å². The molecule has 0 bridgehead atoms. The van der Waals surface area contributed by atoms with E-state index >= 15 is 0 Å². The van der Waals surface area contributed by atoms with E-state index < -0.39 is 0 Å². The van der Waals surface area contributed by atoms with Crippen LogP contribution >= 0.6 is 0 Å². The van der Waals surface area contributed by atoms with E-state index in [0.717, 1.165) is 25.4 Å². The number of rotatable bonds is 3. The highest BCUT2D eigenvalue weighted by Gasteiger charge is 2.10. The number of nitrogens with zero attached hydrogens (tertiary/aromatic N) is 1. The fourth-order valence-corrected chi connectivity index (χ4v) is 1.75. The zero-order chi connectivity index (χ0) is 11.4. The van der Waals surface area contributed by atoms with Gasteiger partial charge >= 0.3 is 0 Å². The molecule has 0 amide bonds. The molecule has 16 heavy (non-hydrogen) atoms. The van der Waals surface area contributed by atoms with Crippen LogP contribution in [-0.2, 0) is 11.3 Å². The highest BCUT2D eigenvalue weighted by atomic mass is 16.5. The Hall–Kier alpha value is -1.64. The van der Waals surface area contributed by atoms with E-state index in [1.807, 2.05) is 18.4 Å². The number of allylic oxidation sites excluding steroid dienone is 1. The van der Waals surface area contributed by atoms with Crippen molar-refractivity contribution in [1.29, 1.82) is 0 Å². The maximum atomic E-state index is 5.26. The molecule has 0 N–H and O–H groups in total. The van der Waals surface area contributed by atoms with Gasteiger partial charge in [0.05, 0.1) is 13.7 Å². The number of methoxy groups -OCH3 is 1. The molecule has 0 aromatic heterocycles. The molecular weight excluding hydrogens is 202 g/mol. The lowest BCUT2D eigenvalue weighted by Gasteiger charge is -2.28. The monoisotopic (exact) mass is 219 g/mol. The molecule has 0 radical (unpaired) electrons. The standard InChI is InChI=1S/C13H17NO2/c1-11-10-16-8-7-14(11)9-12-3-5-13(15-2)6-4-12/h3-6,10H,7-9H2,1-2H3. The molecule has 0 unspecified atom stereocenters. The third-order valence-electron chi connectivity index (χ3n) is 2.76. The molecule has 1 aliphatic rings. The van der Waals surface area contributed by atoms with Crippen LogP contribution in [0.15, 0.2) is 36.2 Å². The summed E-state index contributed by atoms with van der Waals surface area (Å²) in [6, 6.07) is 8.19. The van der Waals surface area contributed by atoms with Crippen molar-refractivity contribution in [3.63, 3.8) is 0 Å². The van der Waals surface area contributed by atoms with Gasteiger partial charge in [-0.05, 0) is 24.6 Å². The molecule has 3 heteroatoms. The SMILES string of the molecule is COc1ccc(CN2CCOC=C2C)cc1. The Morgan fingerprint density at radius 3 is 2.69 bits per heavy atom. The number of hydrogen-bond donors (Lipinski definition) is 0. The summed E-state index contributed by atoms with van der Waals surface area (Å²) in [7, 11) is 1.68. The van der Waals surface area contributed by atoms with Crippen LogP contribution in [0, 0.1) is 0 Å². The van der Waals surface area contributed by atoms with E-state index in [4.69, 9.17) is 9.47 Å². The third kappa shape index (κ3) is 2.48. The van der Waals surface area contributed by atoms with Gasteiger partial charge in [0.25, 0.3) is 0 Å². The van der Waals surface area contributed by atoms with Gasteiger partial charge in [0, 0.05) is 12.2 Å². The van der Waals surface area contributed by atoms with E-state index in [-0.39, 0.29) is 0 Å². The first-order chi connectivity index (χ1) is 7.79. The van der Waals surface area contributed by atoms with Crippen molar-refractivity contribution >= 4 is 0 Å². The molecule has 0 aliphatic carbocycles. The van der Waals surface area contributed by atoms with Gasteiger partial charge in [0.2, 0.25) is 0 Å². The van der Waals surface area contributed by atoms with Gasteiger partial charge in [-0.15, -0.1) is 0 Å². The van der Waals surface area contributed by atoms with Gasteiger partial charge in [-0.2, -0.15) is 0 Å². The summed E-state index contributed by atoms with van der Waals surface area (Å²) in [6.45, 7) is 4.72.